The van der Waals surface area contributed by atoms with Crippen molar-refractivity contribution in [3.63, 3.8) is 0 Å². The first-order valence-electron chi connectivity index (χ1n) is 5.07. The summed E-state index contributed by atoms with van der Waals surface area (Å²) in [7, 11) is -8.28. The lowest BCUT2D eigenvalue weighted by molar-refractivity contribution is -0.130. The summed E-state index contributed by atoms with van der Waals surface area (Å²) in [5.41, 5.74) is 0.118. The zero-order chi connectivity index (χ0) is 15.6. The molecule has 1 heterocycles. The monoisotopic (exact) mass is 320 g/mol. The van der Waals surface area contributed by atoms with Gasteiger partial charge in [-0.1, -0.05) is 6.58 Å². The van der Waals surface area contributed by atoms with Crippen LogP contribution in [0.4, 0.5) is 0 Å². The Morgan fingerprint density at radius 1 is 1.30 bits per heavy atom. The number of hydrogen-bond acceptors (Lipinski definition) is 7. The van der Waals surface area contributed by atoms with Crippen molar-refractivity contribution in [2.45, 2.75) is 11.8 Å². The second-order valence-electron chi connectivity index (χ2n) is 3.89. The number of carbonyl (C=O) groups is 1. The number of aromatic nitrogens is 1. The Hall–Kier alpha value is -1.78. The van der Waals surface area contributed by atoms with E-state index >= 15 is 0 Å². The quantitative estimate of drug-likeness (QED) is 0.589. The Labute approximate surface area is 116 Å². The van der Waals surface area contributed by atoms with Gasteiger partial charge in [0, 0.05) is 17.8 Å². The Kier molecular flexibility index (Phi) is 4.63. The van der Waals surface area contributed by atoms with E-state index in [0.717, 1.165) is 18.5 Å². The molecular weight excluding hydrogens is 308 g/mol. The summed E-state index contributed by atoms with van der Waals surface area (Å²) in [5, 5.41) is 0. The maximum atomic E-state index is 11.7. The Bertz CT molecular complexity index is 752. The SMILES string of the molecule is C=C(C)C(=O)Oc1cncc(S(=O)(=O)NS(C)(=O)=O)c1. The molecule has 8 nitrogen and oxygen atoms in total. The smallest absolute Gasteiger partial charge is 0.338 e. The molecule has 0 saturated carbocycles. The summed E-state index contributed by atoms with van der Waals surface area (Å²) in [4.78, 5) is 14.4. The van der Waals surface area contributed by atoms with Crippen molar-refractivity contribution in [1.82, 2.24) is 9.11 Å². The molecule has 10 heteroatoms. The van der Waals surface area contributed by atoms with Gasteiger partial charge in [0.25, 0.3) is 10.0 Å². The highest BCUT2D eigenvalue weighted by atomic mass is 32.3. The minimum atomic E-state index is -4.31. The number of sulfonamides is 2. The van der Waals surface area contributed by atoms with Crippen LogP contribution in [0.3, 0.4) is 0 Å². The minimum Gasteiger partial charge on any atom is -0.421 e. The van der Waals surface area contributed by atoms with Gasteiger partial charge < -0.3 is 4.74 Å². The predicted octanol–water partition coefficient (Wildman–Crippen LogP) is -0.199. The van der Waals surface area contributed by atoms with Gasteiger partial charge in [-0.05, 0) is 6.92 Å². The Morgan fingerprint density at radius 3 is 2.40 bits per heavy atom. The number of nitrogens with one attached hydrogen (secondary N) is 1. The molecule has 1 aromatic heterocycles. The van der Waals surface area contributed by atoms with Crippen LogP contribution in [0.15, 0.2) is 35.5 Å². The van der Waals surface area contributed by atoms with Crippen molar-refractivity contribution in [1.29, 1.82) is 0 Å². The third-order valence-electron chi connectivity index (χ3n) is 1.82. The van der Waals surface area contributed by atoms with Gasteiger partial charge in [0.2, 0.25) is 10.0 Å². The minimum absolute atomic E-state index is 0.118. The number of esters is 1. The molecule has 0 saturated heterocycles. The van der Waals surface area contributed by atoms with Gasteiger partial charge in [-0.3, -0.25) is 4.98 Å². The molecule has 0 bridgehead atoms. The first-order valence-corrected chi connectivity index (χ1v) is 8.45. The van der Waals surface area contributed by atoms with Gasteiger partial charge in [0.05, 0.1) is 12.5 Å². The maximum Gasteiger partial charge on any atom is 0.338 e. The zero-order valence-corrected chi connectivity index (χ0v) is 12.3. The van der Waals surface area contributed by atoms with E-state index in [1.807, 2.05) is 0 Å². The summed E-state index contributed by atoms with van der Waals surface area (Å²) in [5.74, 6) is -0.896. The molecule has 1 aromatic rings. The van der Waals surface area contributed by atoms with Crippen LogP contribution in [0.2, 0.25) is 0 Å². The van der Waals surface area contributed by atoms with E-state index < -0.39 is 30.9 Å². The number of ether oxygens (including phenoxy) is 1. The lowest BCUT2D eigenvalue weighted by Crippen LogP contribution is -2.29. The van der Waals surface area contributed by atoms with Crippen LogP contribution in [0.25, 0.3) is 0 Å². The molecule has 1 rings (SSSR count). The largest absolute Gasteiger partial charge is 0.421 e. The van der Waals surface area contributed by atoms with E-state index in [9.17, 15) is 21.6 Å². The molecule has 0 fully saturated rings. The van der Waals surface area contributed by atoms with E-state index in [1.54, 1.807) is 0 Å². The molecule has 110 valence electrons. The number of carbonyl (C=O) groups excluding carboxylic acids is 1. The van der Waals surface area contributed by atoms with Crippen molar-refractivity contribution >= 4 is 26.0 Å². The van der Waals surface area contributed by atoms with E-state index in [-0.39, 0.29) is 11.3 Å². The molecule has 0 unspecified atom stereocenters. The van der Waals surface area contributed by atoms with Gasteiger partial charge in [-0.15, -0.1) is 4.13 Å². The molecule has 0 aliphatic carbocycles. The predicted molar refractivity (Wildman–Crippen MR) is 69.9 cm³/mol. The van der Waals surface area contributed by atoms with Crippen molar-refractivity contribution in [2.24, 2.45) is 0 Å². The summed E-state index contributed by atoms with van der Waals surface area (Å²) in [6, 6.07) is 0.974. The molecule has 0 amide bonds. The fourth-order valence-electron chi connectivity index (χ4n) is 1.04. The van der Waals surface area contributed by atoms with Gasteiger partial charge in [-0.25, -0.2) is 21.6 Å². The van der Waals surface area contributed by atoms with Crippen LogP contribution in [0.5, 0.6) is 5.75 Å². The van der Waals surface area contributed by atoms with Gasteiger partial charge in [-0.2, -0.15) is 0 Å². The van der Waals surface area contributed by atoms with Crippen molar-refractivity contribution < 1.29 is 26.4 Å². The normalized spacial score (nSPS) is 11.9. The Balaban J connectivity index is 3.11. The van der Waals surface area contributed by atoms with Gasteiger partial charge in [0.15, 0.2) is 5.75 Å². The van der Waals surface area contributed by atoms with Crippen LogP contribution in [0, 0.1) is 0 Å². The summed E-state index contributed by atoms with van der Waals surface area (Å²) >= 11 is 0. The molecule has 20 heavy (non-hydrogen) atoms. The molecule has 0 aromatic carbocycles. The fourth-order valence-corrected chi connectivity index (χ4v) is 3.49. The highest BCUT2D eigenvalue weighted by Gasteiger charge is 2.20. The summed E-state index contributed by atoms with van der Waals surface area (Å²) < 4.78 is 51.7. The van der Waals surface area contributed by atoms with Crippen molar-refractivity contribution in [2.75, 3.05) is 6.26 Å². The molecule has 0 spiro atoms. The van der Waals surface area contributed by atoms with Crippen molar-refractivity contribution in [3.8, 4) is 5.75 Å². The Morgan fingerprint density at radius 2 is 1.90 bits per heavy atom. The molecule has 0 radical (unpaired) electrons. The zero-order valence-electron chi connectivity index (χ0n) is 10.7. The lowest BCUT2D eigenvalue weighted by atomic mass is 10.3. The molecule has 0 aliphatic heterocycles. The van der Waals surface area contributed by atoms with Gasteiger partial charge in [0.1, 0.15) is 4.90 Å². The number of pyridine rings is 1. The summed E-state index contributed by atoms with van der Waals surface area (Å²) in [6.45, 7) is 4.78. The average molecular weight is 320 g/mol. The first-order chi connectivity index (χ1) is 9.01. The second kappa shape index (κ2) is 5.69. The fraction of sp³-hybridized carbons (Fsp3) is 0.200. The third-order valence-corrected chi connectivity index (χ3v) is 4.75. The highest BCUT2D eigenvalue weighted by Crippen LogP contribution is 2.16. The van der Waals surface area contributed by atoms with Crippen LogP contribution < -0.4 is 8.86 Å². The number of nitrogens with zero attached hydrogens (tertiary/aromatic N) is 1. The number of rotatable bonds is 5. The van der Waals surface area contributed by atoms with E-state index in [1.165, 1.54) is 11.1 Å². The topological polar surface area (TPSA) is 120 Å². The standard InChI is InChI=1S/C10H12N2O6S2/c1-7(2)10(13)18-8-4-9(6-11-5-8)20(16,17)12-19(3,14)15/h4-6,12H,1H2,2-3H3. The molecule has 1 N–H and O–H groups in total. The highest BCUT2D eigenvalue weighted by molar-refractivity contribution is 8.04. The second-order valence-corrected chi connectivity index (χ2v) is 7.57. The van der Waals surface area contributed by atoms with E-state index in [2.05, 4.69) is 11.6 Å². The van der Waals surface area contributed by atoms with Crippen LogP contribution >= 0.6 is 0 Å². The summed E-state index contributed by atoms with van der Waals surface area (Å²) in [6.07, 6.45) is 2.73. The van der Waals surface area contributed by atoms with Crippen LogP contribution in [-0.4, -0.2) is 34.0 Å². The van der Waals surface area contributed by atoms with E-state index in [0.29, 0.717) is 6.26 Å². The van der Waals surface area contributed by atoms with Crippen LogP contribution in [0.1, 0.15) is 6.92 Å². The van der Waals surface area contributed by atoms with Crippen LogP contribution in [-0.2, 0) is 24.8 Å². The number of hydrogen-bond donors (Lipinski definition) is 1. The molecular formula is C10H12N2O6S2. The van der Waals surface area contributed by atoms with Crippen molar-refractivity contribution in [3.05, 3.63) is 30.6 Å². The lowest BCUT2D eigenvalue weighted by Gasteiger charge is -2.07. The maximum absolute atomic E-state index is 11.7. The molecule has 0 atom stereocenters. The van der Waals surface area contributed by atoms with Gasteiger partial charge >= 0.3 is 5.97 Å². The molecule has 0 aliphatic rings. The third kappa shape index (κ3) is 4.72. The average Bonchev–Trinajstić information content (AvgIpc) is 2.26. The van der Waals surface area contributed by atoms with E-state index in [4.69, 9.17) is 4.74 Å². The first kappa shape index (κ1) is 16.3.